The first-order valence-corrected chi connectivity index (χ1v) is 8.15. The molecule has 1 heterocycles. The van der Waals surface area contributed by atoms with Crippen LogP contribution in [0, 0.1) is 5.82 Å². The molecule has 1 saturated heterocycles. The summed E-state index contributed by atoms with van der Waals surface area (Å²) in [5, 5.41) is 0.525. The highest BCUT2D eigenvalue weighted by Crippen LogP contribution is 2.28. The van der Waals surface area contributed by atoms with Crippen molar-refractivity contribution < 1.29 is 28.2 Å². The van der Waals surface area contributed by atoms with Gasteiger partial charge in [0, 0.05) is 6.54 Å². The minimum absolute atomic E-state index is 0.107. The van der Waals surface area contributed by atoms with E-state index in [0.717, 1.165) is 0 Å². The van der Waals surface area contributed by atoms with Crippen LogP contribution in [0.4, 0.5) is 4.39 Å². The van der Waals surface area contributed by atoms with Crippen LogP contribution in [-0.2, 0) is 19.1 Å². The van der Waals surface area contributed by atoms with Crippen molar-refractivity contribution in [2.45, 2.75) is 6.42 Å². The van der Waals surface area contributed by atoms with E-state index in [1.165, 1.54) is 54.1 Å². The molecule has 8 heteroatoms. The first-order chi connectivity index (χ1) is 11.5. The molecule has 0 atom stereocenters. The average Bonchev–Trinajstić information content (AvgIpc) is 2.92. The monoisotopic (exact) mass is 353 g/mol. The Bertz CT molecular complexity index is 659. The third-order valence-corrected chi connectivity index (χ3v) is 4.22. The van der Waals surface area contributed by atoms with E-state index in [9.17, 15) is 18.8 Å². The van der Waals surface area contributed by atoms with Gasteiger partial charge in [-0.3, -0.25) is 4.79 Å². The van der Waals surface area contributed by atoms with Crippen LogP contribution in [-0.4, -0.2) is 48.8 Å². The lowest BCUT2D eigenvalue weighted by atomic mass is 10.2. The highest BCUT2D eigenvalue weighted by molar-refractivity contribution is 8.04. The fourth-order valence-electron chi connectivity index (χ4n) is 1.99. The summed E-state index contributed by atoms with van der Waals surface area (Å²) in [6.45, 7) is 0.432. The highest BCUT2D eigenvalue weighted by atomic mass is 32.2. The zero-order valence-corrected chi connectivity index (χ0v) is 13.8. The molecule has 1 aromatic carbocycles. The zero-order valence-electron chi connectivity index (χ0n) is 13.0. The molecule has 1 aromatic rings. The second-order valence-corrected chi connectivity index (χ2v) is 5.83. The first kappa shape index (κ1) is 18.0. The number of hydrogen-bond donors (Lipinski definition) is 0. The molecule has 128 valence electrons. The molecule has 1 amide bonds. The molecule has 1 aliphatic rings. The van der Waals surface area contributed by atoms with Crippen LogP contribution in [0.3, 0.4) is 0 Å². The normalized spacial score (nSPS) is 15.7. The van der Waals surface area contributed by atoms with Gasteiger partial charge in [0.2, 0.25) is 5.91 Å². The Morgan fingerprint density at radius 1 is 1.33 bits per heavy atom. The van der Waals surface area contributed by atoms with Crippen molar-refractivity contribution in [3.63, 3.8) is 0 Å². The molecule has 0 bridgehead atoms. The van der Waals surface area contributed by atoms with Crippen LogP contribution >= 0.6 is 11.8 Å². The number of ether oxygens (including phenoxy) is 2. The fourth-order valence-corrected chi connectivity index (χ4v) is 2.94. The topological polar surface area (TPSA) is 72.9 Å². The number of carbonyl (C=O) groups is 3. The van der Waals surface area contributed by atoms with Gasteiger partial charge in [-0.05, 0) is 30.7 Å². The van der Waals surface area contributed by atoms with Crippen molar-refractivity contribution in [3.05, 3.63) is 46.8 Å². The highest BCUT2D eigenvalue weighted by Gasteiger charge is 2.27. The summed E-state index contributed by atoms with van der Waals surface area (Å²) in [7, 11) is 1.26. The van der Waals surface area contributed by atoms with Crippen LogP contribution in [0.2, 0.25) is 0 Å². The molecular formula is C16H16FNO5S. The molecule has 24 heavy (non-hydrogen) atoms. The number of carbonyl (C=O) groups excluding carboxylic acids is 3. The molecule has 0 aliphatic carbocycles. The quantitative estimate of drug-likeness (QED) is 0.442. The van der Waals surface area contributed by atoms with E-state index in [2.05, 4.69) is 4.74 Å². The van der Waals surface area contributed by atoms with Gasteiger partial charge in [-0.2, -0.15) is 0 Å². The summed E-state index contributed by atoms with van der Waals surface area (Å²) in [6, 6.07) is 5.05. The maximum atomic E-state index is 12.8. The molecule has 6 nitrogen and oxygen atoms in total. The maximum absolute atomic E-state index is 12.8. The summed E-state index contributed by atoms with van der Waals surface area (Å²) in [5.41, 5.74) is 0.260. The molecule has 0 radical (unpaired) electrons. The second-order valence-electron chi connectivity index (χ2n) is 4.84. The van der Waals surface area contributed by atoms with Crippen LogP contribution in [0.1, 0.15) is 16.8 Å². The van der Waals surface area contributed by atoms with Crippen molar-refractivity contribution in [2.24, 2.45) is 0 Å². The lowest BCUT2D eigenvalue weighted by Gasteiger charge is -2.16. The van der Waals surface area contributed by atoms with Gasteiger partial charge < -0.3 is 14.4 Å². The van der Waals surface area contributed by atoms with Gasteiger partial charge in [0.1, 0.15) is 5.82 Å². The summed E-state index contributed by atoms with van der Waals surface area (Å²) in [6.07, 6.45) is 1.68. The van der Waals surface area contributed by atoms with E-state index in [1.807, 2.05) is 0 Å². The smallest absolute Gasteiger partial charge is 0.338 e. The van der Waals surface area contributed by atoms with E-state index in [4.69, 9.17) is 4.74 Å². The third-order valence-electron chi connectivity index (χ3n) is 3.19. The van der Waals surface area contributed by atoms with Crippen molar-refractivity contribution in [3.8, 4) is 0 Å². The van der Waals surface area contributed by atoms with Crippen LogP contribution in [0.5, 0.6) is 0 Å². The Balaban J connectivity index is 1.81. The third kappa shape index (κ3) is 4.82. The molecule has 1 aliphatic heterocycles. The molecule has 0 aromatic heterocycles. The van der Waals surface area contributed by atoms with Crippen LogP contribution in [0.25, 0.3) is 0 Å². The Labute approximate surface area is 142 Å². The van der Waals surface area contributed by atoms with Gasteiger partial charge in [-0.1, -0.05) is 11.8 Å². The van der Waals surface area contributed by atoms with Gasteiger partial charge in [0.05, 0.1) is 36.1 Å². The molecule has 0 spiro atoms. The van der Waals surface area contributed by atoms with Gasteiger partial charge in [0.15, 0.2) is 0 Å². The van der Waals surface area contributed by atoms with E-state index in [-0.39, 0.29) is 23.8 Å². The number of esters is 2. The molecule has 2 rings (SSSR count). The predicted molar refractivity (Wildman–Crippen MR) is 85.6 cm³/mol. The van der Waals surface area contributed by atoms with E-state index >= 15 is 0 Å². The summed E-state index contributed by atoms with van der Waals surface area (Å²) in [4.78, 5) is 36.3. The summed E-state index contributed by atoms with van der Waals surface area (Å²) >= 11 is 1.26. The fraction of sp³-hybridized carbons (Fsp3) is 0.312. The Morgan fingerprint density at radius 2 is 2.04 bits per heavy atom. The number of amides is 1. The number of methoxy groups -OCH3 is 1. The second kappa shape index (κ2) is 8.49. The number of thioether (sulfide) groups is 1. The molecule has 0 saturated carbocycles. The molecule has 1 fully saturated rings. The number of rotatable bonds is 6. The van der Waals surface area contributed by atoms with Crippen molar-refractivity contribution in [1.29, 1.82) is 0 Å². The Hall–Kier alpha value is -2.35. The van der Waals surface area contributed by atoms with Crippen LogP contribution < -0.4 is 0 Å². The standard InChI is InChI=1S/C16H16FNO5S/c1-22-15(20)9-14-18(13(19)10-24-14)7-2-8-23-16(21)11-3-5-12(17)6-4-11/h3-6,9H,2,7-8,10H2,1H3/b14-9+. The summed E-state index contributed by atoms with van der Waals surface area (Å²) in [5.74, 6) is -1.36. The Morgan fingerprint density at radius 3 is 2.71 bits per heavy atom. The largest absolute Gasteiger partial charge is 0.466 e. The number of nitrogens with zero attached hydrogens (tertiary/aromatic N) is 1. The molecule has 0 unspecified atom stereocenters. The van der Waals surface area contributed by atoms with E-state index < -0.39 is 17.8 Å². The van der Waals surface area contributed by atoms with Gasteiger partial charge in [0.25, 0.3) is 0 Å². The van der Waals surface area contributed by atoms with Gasteiger partial charge >= 0.3 is 11.9 Å². The maximum Gasteiger partial charge on any atom is 0.338 e. The lowest BCUT2D eigenvalue weighted by molar-refractivity contribution is -0.134. The lowest BCUT2D eigenvalue weighted by Crippen LogP contribution is -2.27. The first-order valence-electron chi connectivity index (χ1n) is 7.17. The minimum Gasteiger partial charge on any atom is -0.466 e. The van der Waals surface area contributed by atoms with Crippen molar-refractivity contribution >= 4 is 29.6 Å². The van der Waals surface area contributed by atoms with E-state index in [1.54, 1.807) is 0 Å². The average molecular weight is 353 g/mol. The predicted octanol–water partition coefficient (Wildman–Crippen LogP) is 1.96. The number of hydrogen-bond acceptors (Lipinski definition) is 6. The van der Waals surface area contributed by atoms with Crippen molar-refractivity contribution in [2.75, 3.05) is 26.0 Å². The summed E-state index contributed by atoms with van der Waals surface area (Å²) < 4.78 is 22.4. The Kier molecular flexibility index (Phi) is 6.36. The number of halogens is 1. The van der Waals surface area contributed by atoms with Gasteiger partial charge in [-0.15, -0.1) is 0 Å². The van der Waals surface area contributed by atoms with E-state index in [0.29, 0.717) is 18.0 Å². The van der Waals surface area contributed by atoms with Crippen molar-refractivity contribution in [1.82, 2.24) is 4.90 Å². The zero-order chi connectivity index (χ0) is 17.5. The van der Waals surface area contributed by atoms with Gasteiger partial charge in [-0.25, -0.2) is 14.0 Å². The minimum atomic E-state index is -0.553. The SMILES string of the molecule is COC(=O)/C=C1/SCC(=O)N1CCCOC(=O)c1ccc(F)cc1. The molecular weight excluding hydrogens is 337 g/mol. The number of benzene rings is 1. The molecule has 0 N–H and O–H groups in total. The van der Waals surface area contributed by atoms with Crippen LogP contribution in [0.15, 0.2) is 35.4 Å².